The van der Waals surface area contributed by atoms with Crippen LogP contribution in [0.4, 0.5) is 0 Å². The molecule has 3 nitrogen and oxygen atoms in total. The van der Waals surface area contributed by atoms with E-state index in [-0.39, 0.29) is 0 Å². The normalized spacial score (nSPS) is 32.8. The highest BCUT2D eigenvalue weighted by atomic mass is 32.5. The van der Waals surface area contributed by atoms with E-state index in [1.165, 1.54) is 45.2 Å². The van der Waals surface area contributed by atoms with Gasteiger partial charge in [-0.05, 0) is 63.4 Å². The van der Waals surface area contributed by atoms with Crippen LogP contribution in [0, 0.1) is 5.92 Å². The molecule has 0 aromatic carbocycles. The lowest BCUT2D eigenvalue weighted by Crippen LogP contribution is -2.49. The van der Waals surface area contributed by atoms with Crippen molar-refractivity contribution in [2.75, 3.05) is 33.0 Å². The highest BCUT2D eigenvalue weighted by Gasteiger charge is 2.33. The molecule has 2 heterocycles. The van der Waals surface area contributed by atoms with Gasteiger partial charge < -0.3 is 13.9 Å². The molecule has 0 radical (unpaired) electrons. The van der Waals surface area contributed by atoms with Crippen molar-refractivity contribution in [3.05, 3.63) is 0 Å². The zero-order valence-corrected chi connectivity index (χ0v) is 13.3. The van der Waals surface area contributed by atoms with Crippen molar-refractivity contribution in [3.8, 4) is 0 Å². The molecule has 2 aliphatic heterocycles. The molecule has 0 unspecified atom stereocenters. The third-order valence-corrected chi connectivity index (χ3v) is 6.09. The minimum atomic E-state index is -1.99. The second-order valence-electron chi connectivity index (χ2n) is 5.49. The molecule has 2 saturated heterocycles. The van der Waals surface area contributed by atoms with Crippen molar-refractivity contribution in [1.82, 2.24) is 4.90 Å². The molecular formula is C13H26NO2PS. The van der Waals surface area contributed by atoms with Gasteiger partial charge in [-0.2, -0.15) is 0 Å². The standard InChI is InChI=1S/C13H26NO2PS/c1-3-15-17(2,18)16-11-12-7-6-10-14-9-5-4-8-13(12)14/h12-13H,3-11H2,1-2H3/t12-,13-,17+/m1/s1. The Balaban J connectivity index is 1.86. The lowest BCUT2D eigenvalue weighted by Gasteiger charge is -2.44. The maximum absolute atomic E-state index is 5.94. The van der Waals surface area contributed by atoms with E-state index in [2.05, 4.69) is 4.90 Å². The minimum absolute atomic E-state index is 0.661. The van der Waals surface area contributed by atoms with E-state index < -0.39 is 6.49 Å². The number of fused-ring (bicyclic) bond motifs is 1. The van der Waals surface area contributed by atoms with E-state index >= 15 is 0 Å². The maximum atomic E-state index is 5.94. The van der Waals surface area contributed by atoms with Crippen molar-refractivity contribution in [1.29, 1.82) is 0 Å². The third kappa shape index (κ3) is 4.01. The van der Waals surface area contributed by atoms with E-state index in [4.69, 9.17) is 20.9 Å². The molecule has 5 heteroatoms. The van der Waals surface area contributed by atoms with Gasteiger partial charge >= 0.3 is 0 Å². The fourth-order valence-electron chi connectivity index (χ4n) is 3.27. The predicted molar refractivity (Wildman–Crippen MR) is 79.7 cm³/mol. The summed E-state index contributed by atoms with van der Waals surface area (Å²) in [6.07, 6.45) is 6.70. The monoisotopic (exact) mass is 291 g/mol. The van der Waals surface area contributed by atoms with Gasteiger partial charge in [0.15, 0.2) is 6.49 Å². The zero-order valence-electron chi connectivity index (χ0n) is 11.6. The van der Waals surface area contributed by atoms with Crippen LogP contribution in [0.3, 0.4) is 0 Å². The summed E-state index contributed by atoms with van der Waals surface area (Å²) >= 11 is 5.41. The largest absolute Gasteiger partial charge is 0.330 e. The van der Waals surface area contributed by atoms with E-state index in [0.29, 0.717) is 12.5 Å². The predicted octanol–water partition coefficient (Wildman–Crippen LogP) is 3.24. The first-order valence-corrected chi connectivity index (χ1v) is 10.3. The quantitative estimate of drug-likeness (QED) is 0.725. The smallest absolute Gasteiger partial charge is 0.185 e. The Morgan fingerprint density at radius 1 is 1.17 bits per heavy atom. The summed E-state index contributed by atoms with van der Waals surface area (Å²) < 4.78 is 11.5. The van der Waals surface area contributed by atoms with Crippen LogP contribution in [-0.4, -0.2) is 43.9 Å². The summed E-state index contributed by atoms with van der Waals surface area (Å²) in [6, 6.07) is 0.740. The number of piperidine rings is 2. The molecule has 2 fully saturated rings. The summed E-state index contributed by atoms with van der Waals surface area (Å²) in [4.78, 5) is 2.67. The van der Waals surface area contributed by atoms with Gasteiger partial charge in [-0.3, -0.25) is 0 Å². The molecule has 0 bridgehead atoms. The molecule has 106 valence electrons. The van der Waals surface area contributed by atoms with Crippen LogP contribution in [0.15, 0.2) is 0 Å². The highest BCUT2D eigenvalue weighted by Crippen LogP contribution is 2.45. The Morgan fingerprint density at radius 2 is 1.94 bits per heavy atom. The molecule has 2 aliphatic rings. The maximum Gasteiger partial charge on any atom is 0.185 e. The van der Waals surface area contributed by atoms with E-state index in [9.17, 15) is 0 Å². The van der Waals surface area contributed by atoms with Gasteiger partial charge in [-0.1, -0.05) is 6.42 Å². The van der Waals surface area contributed by atoms with Crippen molar-refractivity contribution >= 4 is 18.3 Å². The fourth-order valence-corrected chi connectivity index (χ4v) is 4.78. The summed E-state index contributed by atoms with van der Waals surface area (Å²) in [5, 5.41) is 0. The summed E-state index contributed by atoms with van der Waals surface area (Å²) in [5.41, 5.74) is 0. The van der Waals surface area contributed by atoms with Gasteiger partial charge in [-0.15, -0.1) is 0 Å². The van der Waals surface area contributed by atoms with E-state index in [0.717, 1.165) is 12.6 Å². The van der Waals surface area contributed by atoms with Crippen molar-refractivity contribution in [3.63, 3.8) is 0 Å². The Bertz CT molecular complexity index is 311. The van der Waals surface area contributed by atoms with Gasteiger partial charge in [0, 0.05) is 12.7 Å². The molecule has 0 N–H and O–H groups in total. The number of rotatable bonds is 5. The molecule has 0 aromatic rings. The van der Waals surface area contributed by atoms with Gasteiger partial charge in [0.25, 0.3) is 0 Å². The van der Waals surface area contributed by atoms with Crippen LogP contribution in [0.2, 0.25) is 0 Å². The second-order valence-corrected chi connectivity index (χ2v) is 9.54. The van der Waals surface area contributed by atoms with Gasteiger partial charge in [-0.25, -0.2) is 0 Å². The topological polar surface area (TPSA) is 21.7 Å². The summed E-state index contributed by atoms with van der Waals surface area (Å²) in [7, 11) is 0. The van der Waals surface area contributed by atoms with Crippen LogP contribution < -0.4 is 0 Å². The Morgan fingerprint density at radius 3 is 2.72 bits per heavy atom. The summed E-state index contributed by atoms with van der Waals surface area (Å²) in [6.45, 7) is 5.97. The summed E-state index contributed by atoms with van der Waals surface area (Å²) in [5.74, 6) is 0.668. The van der Waals surface area contributed by atoms with Gasteiger partial charge in [0.05, 0.1) is 13.2 Å². The van der Waals surface area contributed by atoms with Crippen LogP contribution in [-0.2, 0) is 20.9 Å². The highest BCUT2D eigenvalue weighted by molar-refractivity contribution is 8.09. The molecule has 3 atom stereocenters. The Hall–Kier alpha value is 0.530. The van der Waals surface area contributed by atoms with Crippen LogP contribution in [0.1, 0.15) is 39.0 Å². The average molecular weight is 291 g/mol. The molecule has 0 amide bonds. The van der Waals surface area contributed by atoms with Crippen molar-refractivity contribution < 1.29 is 9.05 Å². The van der Waals surface area contributed by atoms with Crippen LogP contribution in [0.5, 0.6) is 0 Å². The van der Waals surface area contributed by atoms with Crippen molar-refractivity contribution in [2.45, 2.75) is 45.1 Å². The second kappa shape index (κ2) is 6.81. The van der Waals surface area contributed by atoms with Gasteiger partial charge in [0.2, 0.25) is 0 Å². The van der Waals surface area contributed by atoms with E-state index in [1.54, 1.807) is 0 Å². The molecular weight excluding hydrogens is 265 g/mol. The molecule has 0 aromatic heterocycles. The minimum Gasteiger partial charge on any atom is -0.330 e. The first-order valence-electron chi connectivity index (χ1n) is 7.23. The Labute approximate surface area is 116 Å². The zero-order chi connectivity index (χ0) is 13.0. The number of hydrogen-bond acceptors (Lipinski definition) is 4. The third-order valence-electron chi connectivity index (χ3n) is 4.12. The van der Waals surface area contributed by atoms with Gasteiger partial charge in [0.1, 0.15) is 0 Å². The average Bonchev–Trinajstić information content (AvgIpc) is 2.36. The molecule has 0 saturated carbocycles. The SMILES string of the molecule is CCO[P@](C)(=S)OC[C@H]1CCCN2CCCC[C@H]12. The molecule has 0 spiro atoms. The fraction of sp³-hybridized carbons (Fsp3) is 1.00. The first kappa shape index (κ1) is 14.9. The first-order chi connectivity index (χ1) is 8.62. The number of hydrogen-bond donors (Lipinski definition) is 0. The lowest BCUT2D eigenvalue weighted by molar-refractivity contribution is 0.0359. The molecule has 0 aliphatic carbocycles. The van der Waals surface area contributed by atoms with E-state index in [1.807, 2.05) is 13.6 Å². The van der Waals surface area contributed by atoms with Crippen molar-refractivity contribution in [2.24, 2.45) is 5.92 Å². The van der Waals surface area contributed by atoms with Crippen LogP contribution in [0.25, 0.3) is 0 Å². The Kier molecular flexibility index (Phi) is 5.64. The van der Waals surface area contributed by atoms with Crippen LogP contribution >= 0.6 is 6.49 Å². The lowest BCUT2D eigenvalue weighted by atomic mass is 9.84. The number of nitrogens with zero attached hydrogens (tertiary/aromatic N) is 1. The molecule has 18 heavy (non-hydrogen) atoms. The molecule has 2 rings (SSSR count).